The SMILES string of the molecule is CCCCCCCCCCCCOC[n+]1c(C)n(CCCC)c2ccccc21.[Cl-]. The largest absolute Gasteiger partial charge is 1.00 e. The number of hydrogen-bond donors (Lipinski definition) is 0. The van der Waals surface area contributed by atoms with Crippen LogP contribution in [-0.2, 0) is 18.0 Å². The molecule has 0 fully saturated rings. The minimum Gasteiger partial charge on any atom is -1.00 e. The number of aromatic nitrogens is 2. The molecule has 3 nitrogen and oxygen atoms in total. The summed E-state index contributed by atoms with van der Waals surface area (Å²) in [5.41, 5.74) is 2.62. The van der Waals surface area contributed by atoms with Crippen molar-refractivity contribution in [2.24, 2.45) is 0 Å². The van der Waals surface area contributed by atoms with Crippen LogP contribution in [0, 0.1) is 6.92 Å². The molecule has 0 amide bonds. The third kappa shape index (κ3) is 8.68. The van der Waals surface area contributed by atoms with E-state index in [2.05, 4.69) is 54.2 Å². The molecule has 1 heterocycles. The third-order valence-electron chi connectivity index (χ3n) is 5.84. The summed E-state index contributed by atoms with van der Waals surface area (Å²) in [5.74, 6) is 1.30. The Labute approximate surface area is 185 Å². The fourth-order valence-electron chi connectivity index (χ4n) is 4.02. The Kier molecular flexibility index (Phi) is 14.1. The number of imidazole rings is 1. The van der Waals surface area contributed by atoms with E-state index in [0.717, 1.165) is 13.2 Å². The Bertz CT molecular complexity index is 668. The highest BCUT2D eigenvalue weighted by atomic mass is 35.5. The Morgan fingerprint density at radius 3 is 2.03 bits per heavy atom. The number of ether oxygens (including phenoxy) is 1. The van der Waals surface area contributed by atoms with Gasteiger partial charge in [-0.05, 0) is 25.0 Å². The number of fused-ring (bicyclic) bond motifs is 1. The first-order valence-electron chi connectivity index (χ1n) is 11.8. The van der Waals surface area contributed by atoms with Gasteiger partial charge in [0, 0.05) is 6.92 Å². The Balaban J connectivity index is 0.00000420. The summed E-state index contributed by atoms with van der Waals surface area (Å²) in [6.45, 7) is 9.39. The number of nitrogens with zero attached hydrogens (tertiary/aromatic N) is 2. The lowest BCUT2D eigenvalue weighted by Crippen LogP contribution is -3.00. The van der Waals surface area contributed by atoms with Crippen LogP contribution >= 0.6 is 0 Å². The molecule has 0 N–H and O–H groups in total. The van der Waals surface area contributed by atoms with Crippen LogP contribution < -0.4 is 17.0 Å². The van der Waals surface area contributed by atoms with Gasteiger partial charge in [-0.25, -0.2) is 9.13 Å². The number of rotatable bonds is 16. The maximum absolute atomic E-state index is 6.05. The highest BCUT2D eigenvalue weighted by molar-refractivity contribution is 5.72. The van der Waals surface area contributed by atoms with Gasteiger partial charge < -0.3 is 17.1 Å². The molecule has 0 aliphatic carbocycles. The molecule has 1 aromatic carbocycles. The van der Waals surface area contributed by atoms with Gasteiger partial charge in [-0.1, -0.05) is 90.2 Å². The number of benzene rings is 1. The van der Waals surface area contributed by atoms with Gasteiger partial charge in [0.05, 0.1) is 13.2 Å². The fraction of sp³-hybridized carbons (Fsp3) is 0.720. The summed E-state index contributed by atoms with van der Waals surface area (Å²) in [7, 11) is 0. The van der Waals surface area contributed by atoms with E-state index in [1.165, 1.54) is 93.9 Å². The van der Waals surface area contributed by atoms with Gasteiger partial charge in [-0.15, -0.1) is 0 Å². The van der Waals surface area contributed by atoms with Crippen LogP contribution in [0.5, 0.6) is 0 Å². The van der Waals surface area contributed by atoms with Gasteiger partial charge in [0.1, 0.15) is 0 Å². The zero-order valence-electron chi connectivity index (χ0n) is 19.1. The van der Waals surface area contributed by atoms with Crippen molar-refractivity contribution >= 4 is 11.0 Å². The average molecular weight is 423 g/mol. The van der Waals surface area contributed by atoms with Crippen LogP contribution in [0.3, 0.4) is 0 Å². The molecule has 29 heavy (non-hydrogen) atoms. The van der Waals surface area contributed by atoms with E-state index in [9.17, 15) is 0 Å². The molecule has 0 radical (unpaired) electrons. The quantitative estimate of drug-likeness (QED) is 0.296. The van der Waals surface area contributed by atoms with Crippen molar-refractivity contribution in [2.75, 3.05) is 6.61 Å². The number of hydrogen-bond acceptors (Lipinski definition) is 1. The van der Waals surface area contributed by atoms with Crippen molar-refractivity contribution < 1.29 is 21.7 Å². The lowest BCUT2D eigenvalue weighted by molar-refractivity contribution is -0.715. The summed E-state index contributed by atoms with van der Waals surface area (Å²) in [5, 5.41) is 0. The minimum absolute atomic E-state index is 0. The Hall–Kier alpha value is -1.06. The van der Waals surface area contributed by atoms with Crippen LogP contribution in [0.25, 0.3) is 11.0 Å². The first kappa shape index (κ1) is 26.0. The maximum atomic E-state index is 6.05. The third-order valence-corrected chi connectivity index (χ3v) is 5.84. The molecule has 0 aliphatic rings. The highest BCUT2D eigenvalue weighted by Gasteiger charge is 2.20. The van der Waals surface area contributed by atoms with Crippen molar-refractivity contribution in [2.45, 2.75) is 111 Å². The molecule has 0 bridgehead atoms. The standard InChI is InChI=1S/C25H43N2O.ClH/c1-4-6-8-9-10-11-12-13-14-17-21-28-22-27-23(3)26(20-7-5-2)24-18-15-16-19-25(24)27;/h15-16,18-19H,4-14,17,20-22H2,1-3H3;1H/q+1;/p-1. The van der Waals surface area contributed by atoms with Crippen molar-refractivity contribution in [3.05, 3.63) is 30.1 Å². The summed E-state index contributed by atoms with van der Waals surface area (Å²) >= 11 is 0. The number of unbranched alkanes of at least 4 members (excludes halogenated alkanes) is 10. The van der Waals surface area contributed by atoms with Crippen LogP contribution in [0.1, 0.15) is 96.7 Å². The second-order valence-electron chi connectivity index (χ2n) is 8.19. The van der Waals surface area contributed by atoms with Crippen LogP contribution in [0.2, 0.25) is 0 Å². The van der Waals surface area contributed by atoms with Crippen LogP contribution in [0.15, 0.2) is 24.3 Å². The summed E-state index contributed by atoms with van der Waals surface area (Å²) < 4.78 is 10.8. The summed E-state index contributed by atoms with van der Waals surface area (Å²) in [6.07, 6.45) is 16.1. The number of para-hydroxylation sites is 2. The smallest absolute Gasteiger partial charge is 0.256 e. The second kappa shape index (κ2) is 15.7. The monoisotopic (exact) mass is 422 g/mol. The molecular weight excluding hydrogens is 380 g/mol. The number of aryl methyl sites for hydroxylation is 1. The predicted octanol–water partition coefficient (Wildman–Crippen LogP) is 3.94. The van der Waals surface area contributed by atoms with Gasteiger partial charge in [0.25, 0.3) is 5.82 Å². The zero-order valence-corrected chi connectivity index (χ0v) is 19.9. The molecule has 1 aromatic heterocycles. The average Bonchev–Trinajstić information content (AvgIpc) is 2.98. The van der Waals surface area contributed by atoms with Crippen molar-refractivity contribution in [1.29, 1.82) is 0 Å². The predicted molar refractivity (Wildman–Crippen MR) is 120 cm³/mol. The van der Waals surface area contributed by atoms with Gasteiger partial charge in [-0.2, -0.15) is 0 Å². The normalized spacial score (nSPS) is 11.1. The molecule has 4 heteroatoms. The van der Waals surface area contributed by atoms with Crippen LogP contribution in [-0.4, -0.2) is 11.2 Å². The molecule has 0 saturated carbocycles. The van der Waals surface area contributed by atoms with Crippen molar-refractivity contribution in [3.8, 4) is 0 Å². The van der Waals surface area contributed by atoms with Crippen molar-refractivity contribution in [3.63, 3.8) is 0 Å². The highest BCUT2D eigenvalue weighted by Crippen LogP contribution is 2.15. The second-order valence-corrected chi connectivity index (χ2v) is 8.19. The minimum atomic E-state index is 0. The van der Waals surface area contributed by atoms with E-state index in [4.69, 9.17) is 4.74 Å². The van der Waals surface area contributed by atoms with Gasteiger partial charge >= 0.3 is 0 Å². The first-order chi connectivity index (χ1) is 13.8. The first-order valence-corrected chi connectivity index (χ1v) is 11.8. The fourth-order valence-corrected chi connectivity index (χ4v) is 4.02. The molecule has 0 atom stereocenters. The summed E-state index contributed by atoms with van der Waals surface area (Å²) in [6, 6.07) is 8.72. The summed E-state index contributed by atoms with van der Waals surface area (Å²) in [4.78, 5) is 0. The van der Waals surface area contributed by atoms with E-state index in [-0.39, 0.29) is 12.4 Å². The van der Waals surface area contributed by atoms with E-state index in [1.54, 1.807) is 0 Å². The molecule has 2 rings (SSSR count). The van der Waals surface area contributed by atoms with Gasteiger partial charge in [-0.3, -0.25) is 0 Å². The molecule has 0 aliphatic heterocycles. The van der Waals surface area contributed by atoms with Crippen LogP contribution in [0.4, 0.5) is 0 Å². The molecule has 0 saturated heterocycles. The zero-order chi connectivity index (χ0) is 20.0. The van der Waals surface area contributed by atoms with Gasteiger partial charge in [0.15, 0.2) is 17.8 Å². The molecule has 166 valence electrons. The van der Waals surface area contributed by atoms with E-state index < -0.39 is 0 Å². The lowest BCUT2D eigenvalue weighted by Gasteiger charge is -2.05. The molecule has 2 aromatic rings. The van der Waals surface area contributed by atoms with E-state index in [0.29, 0.717) is 6.73 Å². The topological polar surface area (TPSA) is 18.0 Å². The molecule has 0 unspecified atom stereocenters. The Morgan fingerprint density at radius 1 is 0.793 bits per heavy atom. The Morgan fingerprint density at radius 2 is 1.38 bits per heavy atom. The van der Waals surface area contributed by atoms with E-state index >= 15 is 0 Å². The van der Waals surface area contributed by atoms with Crippen molar-refractivity contribution in [1.82, 2.24) is 4.57 Å². The molecule has 0 spiro atoms. The number of halogens is 1. The van der Waals surface area contributed by atoms with Gasteiger partial charge in [0.2, 0.25) is 0 Å². The maximum Gasteiger partial charge on any atom is 0.256 e. The van der Waals surface area contributed by atoms with E-state index in [1.807, 2.05) is 0 Å². The lowest BCUT2D eigenvalue weighted by atomic mass is 10.1. The molecular formula is C25H43ClN2O.